The summed E-state index contributed by atoms with van der Waals surface area (Å²) in [5.41, 5.74) is 7.40. The van der Waals surface area contributed by atoms with E-state index in [2.05, 4.69) is 16.2 Å². The van der Waals surface area contributed by atoms with Crippen molar-refractivity contribution < 1.29 is 14.4 Å². The first kappa shape index (κ1) is 20.7. The van der Waals surface area contributed by atoms with Gasteiger partial charge in [0, 0.05) is 34.1 Å². The number of aryl methyl sites for hydroxylation is 2. The predicted octanol–water partition coefficient (Wildman–Crippen LogP) is 3.79. The molecule has 0 unspecified atom stereocenters. The zero-order valence-corrected chi connectivity index (χ0v) is 16.4. The number of hydrazine groups is 1. The minimum atomic E-state index is -0.562. The first-order chi connectivity index (χ1) is 12.7. The Morgan fingerprint density at radius 1 is 0.852 bits per heavy atom. The Bertz CT molecular complexity index is 864. The number of halogens is 2. The summed E-state index contributed by atoms with van der Waals surface area (Å²) in [4.78, 5) is 35.8. The van der Waals surface area contributed by atoms with Crippen molar-refractivity contribution in [2.75, 3.05) is 5.32 Å². The second-order valence-electron chi connectivity index (χ2n) is 6.03. The summed E-state index contributed by atoms with van der Waals surface area (Å²) in [7, 11) is 0. The van der Waals surface area contributed by atoms with E-state index in [1.807, 2.05) is 32.0 Å². The molecule has 8 heteroatoms. The summed E-state index contributed by atoms with van der Waals surface area (Å²) < 4.78 is 0. The van der Waals surface area contributed by atoms with E-state index in [1.165, 1.54) is 18.2 Å². The molecule has 0 heterocycles. The van der Waals surface area contributed by atoms with Gasteiger partial charge < -0.3 is 5.32 Å². The van der Waals surface area contributed by atoms with Crippen molar-refractivity contribution in [2.24, 2.45) is 0 Å². The van der Waals surface area contributed by atoms with Gasteiger partial charge in [0.05, 0.1) is 0 Å². The van der Waals surface area contributed by atoms with Gasteiger partial charge in [0.2, 0.25) is 11.8 Å². The molecule has 0 aromatic heterocycles. The maximum atomic E-state index is 12.0. The Morgan fingerprint density at radius 3 is 2.15 bits per heavy atom. The summed E-state index contributed by atoms with van der Waals surface area (Å²) in [6.07, 6.45) is -0.0919. The van der Waals surface area contributed by atoms with Crippen molar-refractivity contribution in [3.63, 3.8) is 0 Å². The lowest BCUT2D eigenvalue weighted by molar-refractivity contribution is -0.124. The number of carbonyl (C=O) groups is 3. The number of hydrogen-bond donors (Lipinski definition) is 3. The van der Waals surface area contributed by atoms with E-state index >= 15 is 0 Å². The second-order valence-corrected chi connectivity index (χ2v) is 6.90. The van der Waals surface area contributed by atoms with Crippen molar-refractivity contribution in [2.45, 2.75) is 26.7 Å². The van der Waals surface area contributed by atoms with Crippen LogP contribution in [0.15, 0.2) is 36.4 Å². The molecule has 0 saturated carbocycles. The normalized spacial score (nSPS) is 10.2. The smallest absolute Gasteiger partial charge is 0.269 e. The summed E-state index contributed by atoms with van der Waals surface area (Å²) >= 11 is 11.7. The molecule has 6 nitrogen and oxygen atoms in total. The standard InChI is InChI=1S/C19H19Cl2N3O3/c1-11-3-4-12(2)16(7-11)22-17(25)5-6-18(26)23-24-19(27)13-8-14(20)10-15(21)9-13/h3-4,7-10H,5-6H2,1-2H3,(H,22,25)(H,23,26)(H,24,27). The molecule has 27 heavy (non-hydrogen) atoms. The number of nitrogens with one attached hydrogen (secondary N) is 3. The first-order valence-corrected chi connectivity index (χ1v) is 8.92. The van der Waals surface area contributed by atoms with Gasteiger partial charge in [-0.25, -0.2) is 0 Å². The SMILES string of the molecule is Cc1ccc(C)c(NC(=O)CCC(=O)NNC(=O)c2cc(Cl)cc(Cl)c2)c1. The summed E-state index contributed by atoms with van der Waals surface area (Å²) in [6.45, 7) is 3.82. The molecule has 0 spiro atoms. The van der Waals surface area contributed by atoms with Gasteiger partial charge in [-0.1, -0.05) is 35.3 Å². The Balaban J connectivity index is 1.79. The zero-order chi connectivity index (χ0) is 20.0. The highest BCUT2D eigenvalue weighted by molar-refractivity contribution is 6.35. The van der Waals surface area contributed by atoms with Gasteiger partial charge in [-0.05, 0) is 49.2 Å². The third-order valence-electron chi connectivity index (χ3n) is 3.69. The largest absolute Gasteiger partial charge is 0.326 e. The van der Waals surface area contributed by atoms with Crippen LogP contribution in [0.4, 0.5) is 5.69 Å². The number of carbonyl (C=O) groups excluding carboxylic acids is 3. The van der Waals surface area contributed by atoms with Crippen LogP contribution in [-0.2, 0) is 9.59 Å². The molecule has 2 aromatic carbocycles. The molecule has 0 aliphatic heterocycles. The summed E-state index contributed by atoms with van der Waals surface area (Å²) in [6, 6.07) is 10.1. The molecular formula is C19H19Cl2N3O3. The predicted molar refractivity (Wildman–Crippen MR) is 106 cm³/mol. The van der Waals surface area contributed by atoms with Crippen LogP contribution in [0.25, 0.3) is 0 Å². The topological polar surface area (TPSA) is 87.3 Å². The molecule has 0 radical (unpaired) electrons. The molecular weight excluding hydrogens is 389 g/mol. The van der Waals surface area contributed by atoms with E-state index < -0.39 is 11.8 Å². The number of amides is 3. The maximum Gasteiger partial charge on any atom is 0.269 e. The lowest BCUT2D eigenvalue weighted by Gasteiger charge is -2.10. The third-order valence-corrected chi connectivity index (χ3v) is 4.12. The average molecular weight is 408 g/mol. The molecule has 2 aromatic rings. The first-order valence-electron chi connectivity index (χ1n) is 8.17. The Morgan fingerprint density at radius 2 is 1.48 bits per heavy atom. The maximum absolute atomic E-state index is 12.0. The molecule has 0 bridgehead atoms. The molecule has 3 amide bonds. The molecule has 142 valence electrons. The van der Waals surface area contributed by atoms with E-state index in [1.54, 1.807) is 0 Å². The van der Waals surface area contributed by atoms with Crippen LogP contribution in [0.5, 0.6) is 0 Å². The van der Waals surface area contributed by atoms with Gasteiger partial charge in [0.25, 0.3) is 5.91 Å². The highest BCUT2D eigenvalue weighted by Crippen LogP contribution is 2.19. The highest BCUT2D eigenvalue weighted by atomic mass is 35.5. The van der Waals surface area contributed by atoms with Crippen molar-refractivity contribution in [1.82, 2.24) is 10.9 Å². The number of anilines is 1. The van der Waals surface area contributed by atoms with E-state index in [4.69, 9.17) is 23.2 Å². The molecule has 0 aliphatic rings. The van der Waals surface area contributed by atoms with E-state index in [0.29, 0.717) is 15.7 Å². The van der Waals surface area contributed by atoms with Crippen LogP contribution in [-0.4, -0.2) is 17.7 Å². The van der Waals surface area contributed by atoms with Crippen LogP contribution in [0.3, 0.4) is 0 Å². The van der Waals surface area contributed by atoms with E-state index in [-0.39, 0.29) is 24.3 Å². The van der Waals surface area contributed by atoms with Crippen molar-refractivity contribution in [3.05, 3.63) is 63.1 Å². The van der Waals surface area contributed by atoms with Crippen LogP contribution in [0, 0.1) is 13.8 Å². The Hall–Kier alpha value is -2.57. The Kier molecular flexibility index (Phi) is 7.21. The number of benzene rings is 2. The fraction of sp³-hybridized carbons (Fsp3) is 0.211. The minimum absolute atomic E-state index is 0.0158. The van der Waals surface area contributed by atoms with Gasteiger partial charge in [0.1, 0.15) is 0 Å². The molecule has 3 N–H and O–H groups in total. The molecule has 0 fully saturated rings. The van der Waals surface area contributed by atoms with Crippen molar-refractivity contribution in [1.29, 1.82) is 0 Å². The van der Waals surface area contributed by atoms with E-state index in [0.717, 1.165) is 11.1 Å². The van der Waals surface area contributed by atoms with Crippen LogP contribution >= 0.6 is 23.2 Å². The van der Waals surface area contributed by atoms with Crippen LogP contribution < -0.4 is 16.2 Å². The van der Waals surface area contributed by atoms with Gasteiger partial charge >= 0.3 is 0 Å². The third kappa shape index (κ3) is 6.58. The fourth-order valence-corrected chi connectivity index (χ4v) is 2.78. The summed E-state index contributed by atoms with van der Waals surface area (Å²) in [5.74, 6) is -1.34. The summed E-state index contributed by atoms with van der Waals surface area (Å²) in [5, 5.41) is 3.39. The quantitative estimate of drug-likeness (QED) is 0.658. The van der Waals surface area contributed by atoms with Gasteiger partial charge in [-0.15, -0.1) is 0 Å². The van der Waals surface area contributed by atoms with Gasteiger partial charge in [0.15, 0.2) is 0 Å². The molecule has 0 saturated heterocycles. The highest BCUT2D eigenvalue weighted by Gasteiger charge is 2.11. The second kappa shape index (κ2) is 9.39. The van der Waals surface area contributed by atoms with E-state index in [9.17, 15) is 14.4 Å². The minimum Gasteiger partial charge on any atom is -0.326 e. The molecule has 0 atom stereocenters. The van der Waals surface area contributed by atoms with Crippen LogP contribution in [0.1, 0.15) is 34.3 Å². The fourth-order valence-electron chi connectivity index (χ4n) is 2.26. The zero-order valence-electron chi connectivity index (χ0n) is 14.9. The van der Waals surface area contributed by atoms with Gasteiger partial charge in [-0.2, -0.15) is 0 Å². The average Bonchev–Trinajstić information content (AvgIpc) is 2.60. The van der Waals surface area contributed by atoms with Gasteiger partial charge in [-0.3, -0.25) is 25.2 Å². The monoisotopic (exact) mass is 407 g/mol. The molecule has 0 aliphatic carbocycles. The lowest BCUT2D eigenvalue weighted by atomic mass is 10.1. The Labute approximate surface area is 167 Å². The van der Waals surface area contributed by atoms with Crippen LogP contribution in [0.2, 0.25) is 10.0 Å². The van der Waals surface area contributed by atoms with Crippen molar-refractivity contribution >= 4 is 46.6 Å². The number of rotatable bonds is 5. The number of hydrogen-bond acceptors (Lipinski definition) is 3. The molecule has 2 rings (SSSR count). The van der Waals surface area contributed by atoms with Crippen molar-refractivity contribution in [3.8, 4) is 0 Å². The lowest BCUT2D eigenvalue weighted by Crippen LogP contribution is -2.41.